The Morgan fingerprint density at radius 1 is 1.50 bits per heavy atom. The minimum absolute atomic E-state index is 0.0142. The van der Waals surface area contributed by atoms with Crippen molar-refractivity contribution in [3.05, 3.63) is 45.1 Å². The number of carbonyl (C=O) groups is 1. The number of fused-ring (bicyclic) bond motifs is 1. The average Bonchev–Trinajstić information content (AvgIpc) is 2.91. The number of rotatable bonds is 5. The van der Waals surface area contributed by atoms with E-state index < -0.39 is 10.9 Å². The fourth-order valence-corrected chi connectivity index (χ4v) is 3.05. The number of carboxylic acids is 1. The van der Waals surface area contributed by atoms with E-state index in [4.69, 9.17) is 5.11 Å². The Labute approximate surface area is 138 Å². The van der Waals surface area contributed by atoms with Crippen LogP contribution in [0.3, 0.4) is 0 Å². The second-order valence-electron chi connectivity index (χ2n) is 5.83. The molecule has 1 aliphatic rings. The van der Waals surface area contributed by atoms with E-state index in [1.165, 1.54) is 6.07 Å². The highest BCUT2D eigenvalue weighted by Gasteiger charge is 2.23. The number of carboxylic acid groups (broad SMARTS) is 1. The Morgan fingerprint density at radius 3 is 2.96 bits per heavy atom. The Hall–Kier alpha value is -2.74. The van der Waals surface area contributed by atoms with E-state index >= 15 is 0 Å². The summed E-state index contributed by atoms with van der Waals surface area (Å²) in [5.74, 6) is -0.860. The minimum atomic E-state index is -0.860. The van der Waals surface area contributed by atoms with Crippen LogP contribution in [0.25, 0.3) is 11.3 Å². The van der Waals surface area contributed by atoms with Crippen LogP contribution >= 0.6 is 0 Å². The summed E-state index contributed by atoms with van der Waals surface area (Å²) < 4.78 is 1.76. The Morgan fingerprint density at radius 2 is 2.29 bits per heavy atom. The molecule has 1 aromatic heterocycles. The Balaban J connectivity index is 2.03. The van der Waals surface area contributed by atoms with E-state index in [0.29, 0.717) is 18.7 Å². The molecule has 0 saturated carbocycles. The van der Waals surface area contributed by atoms with Gasteiger partial charge in [-0.2, -0.15) is 5.10 Å². The number of aromatic nitrogens is 2. The van der Waals surface area contributed by atoms with Gasteiger partial charge in [-0.25, -0.2) is 0 Å². The largest absolute Gasteiger partial charge is 0.481 e. The number of aliphatic carboxylic acids is 1. The van der Waals surface area contributed by atoms with Crippen molar-refractivity contribution in [2.75, 3.05) is 6.54 Å². The van der Waals surface area contributed by atoms with Crippen LogP contribution in [0.2, 0.25) is 0 Å². The van der Waals surface area contributed by atoms with Gasteiger partial charge in [-0.05, 0) is 19.1 Å². The molecule has 0 aliphatic carbocycles. The minimum Gasteiger partial charge on any atom is -0.481 e. The zero-order valence-corrected chi connectivity index (χ0v) is 13.3. The smallest absolute Gasteiger partial charge is 0.305 e. The molecule has 0 spiro atoms. The topological polar surface area (TPSA) is 110 Å². The molecule has 8 heteroatoms. The lowest BCUT2D eigenvalue weighted by molar-refractivity contribution is -0.385. The van der Waals surface area contributed by atoms with Crippen molar-refractivity contribution in [3.63, 3.8) is 0 Å². The quantitative estimate of drug-likeness (QED) is 0.640. The molecular formula is C16H18N4O4. The lowest BCUT2D eigenvalue weighted by atomic mass is 10.0. The summed E-state index contributed by atoms with van der Waals surface area (Å²) in [6.45, 7) is 3.51. The summed E-state index contributed by atoms with van der Waals surface area (Å²) in [5, 5.41) is 27.8. The number of aryl methyl sites for hydroxylation is 2. The molecule has 8 nitrogen and oxygen atoms in total. The molecule has 0 radical (unpaired) electrons. The zero-order chi connectivity index (χ0) is 17.3. The van der Waals surface area contributed by atoms with Gasteiger partial charge in [-0.1, -0.05) is 0 Å². The number of nitro groups is 1. The SMILES string of the molecule is Cc1cc(-c2nn(CCC(=O)O)c3c2CNCC3)ccc1[N+](=O)[O-]. The van der Waals surface area contributed by atoms with Crippen LogP contribution in [0.1, 0.15) is 23.2 Å². The third-order valence-electron chi connectivity index (χ3n) is 4.21. The second kappa shape index (κ2) is 6.40. The van der Waals surface area contributed by atoms with Gasteiger partial charge in [0.2, 0.25) is 0 Å². The first-order valence-electron chi connectivity index (χ1n) is 7.74. The van der Waals surface area contributed by atoms with Crippen LogP contribution in [-0.2, 0) is 24.3 Å². The van der Waals surface area contributed by atoms with Gasteiger partial charge in [0.05, 0.1) is 23.6 Å². The van der Waals surface area contributed by atoms with Gasteiger partial charge in [0, 0.05) is 48.0 Å². The first-order chi connectivity index (χ1) is 11.5. The summed E-state index contributed by atoms with van der Waals surface area (Å²) in [4.78, 5) is 21.4. The lowest BCUT2D eigenvalue weighted by Gasteiger charge is -2.15. The highest BCUT2D eigenvalue weighted by molar-refractivity contribution is 5.68. The summed E-state index contributed by atoms with van der Waals surface area (Å²) in [6.07, 6.45) is 0.800. The number of nitrogens with one attached hydrogen (secondary N) is 1. The van der Waals surface area contributed by atoms with Crippen molar-refractivity contribution in [1.29, 1.82) is 0 Å². The molecule has 3 rings (SSSR count). The van der Waals surface area contributed by atoms with Crippen LogP contribution in [0.4, 0.5) is 5.69 Å². The van der Waals surface area contributed by atoms with E-state index in [-0.39, 0.29) is 12.1 Å². The first-order valence-corrected chi connectivity index (χ1v) is 7.74. The first kappa shape index (κ1) is 16.1. The molecule has 2 N–H and O–H groups in total. The molecule has 0 fully saturated rings. The molecule has 0 atom stereocenters. The van der Waals surface area contributed by atoms with E-state index in [0.717, 1.165) is 35.5 Å². The summed E-state index contributed by atoms with van der Waals surface area (Å²) in [6, 6.07) is 4.95. The number of nitro benzene ring substituents is 1. The molecule has 2 aromatic rings. The van der Waals surface area contributed by atoms with E-state index in [1.807, 2.05) is 0 Å². The van der Waals surface area contributed by atoms with Crippen LogP contribution in [-0.4, -0.2) is 32.3 Å². The van der Waals surface area contributed by atoms with Gasteiger partial charge in [0.15, 0.2) is 0 Å². The molecule has 0 unspecified atom stereocenters. The third-order valence-corrected chi connectivity index (χ3v) is 4.21. The predicted octanol–water partition coefficient (Wildman–Crippen LogP) is 1.89. The van der Waals surface area contributed by atoms with Crippen LogP contribution in [0.5, 0.6) is 0 Å². The molecule has 0 amide bonds. The molecule has 2 heterocycles. The van der Waals surface area contributed by atoms with Crippen LogP contribution in [0.15, 0.2) is 18.2 Å². The summed E-state index contributed by atoms with van der Waals surface area (Å²) >= 11 is 0. The standard InChI is InChI=1S/C16H18N4O4/c1-10-8-11(2-3-13(10)20(23)24)16-12-9-17-6-4-14(12)19(18-16)7-5-15(21)22/h2-3,8,17H,4-7,9H2,1H3,(H,21,22). The highest BCUT2D eigenvalue weighted by Crippen LogP contribution is 2.30. The van der Waals surface area contributed by atoms with E-state index in [2.05, 4.69) is 10.4 Å². The van der Waals surface area contributed by atoms with Crippen LogP contribution in [0, 0.1) is 17.0 Å². The van der Waals surface area contributed by atoms with Crippen molar-refractivity contribution >= 4 is 11.7 Å². The summed E-state index contributed by atoms with van der Waals surface area (Å²) in [5.41, 5.74) is 4.32. The number of nitrogens with zero attached hydrogens (tertiary/aromatic N) is 3. The fourth-order valence-electron chi connectivity index (χ4n) is 3.05. The number of hydrogen-bond acceptors (Lipinski definition) is 5. The van der Waals surface area contributed by atoms with Gasteiger partial charge in [-0.3, -0.25) is 19.6 Å². The van der Waals surface area contributed by atoms with E-state index in [9.17, 15) is 14.9 Å². The van der Waals surface area contributed by atoms with Crippen molar-refractivity contribution in [2.24, 2.45) is 0 Å². The van der Waals surface area contributed by atoms with Gasteiger partial charge in [0.1, 0.15) is 0 Å². The second-order valence-corrected chi connectivity index (χ2v) is 5.83. The fraction of sp³-hybridized carbons (Fsp3) is 0.375. The Bertz CT molecular complexity index is 813. The maximum absolute atomic E-state index is 11.0. The predicted molar refractivity (Wildman–Crippen MR) is 86.7 cm³/mol. The van der Waals surface area contributed by atoms with Gasteiger partial charge in [-0.15, -0.1) is 0 Å². The van der Waals surface area contributed by atoms with Crippen molar-refractivity contribution in [3.8, 4) is 11.3 Å². The van der Waals surface area contributed by atoms with Crippen molar-refractivity contribution < 1.29 is 14.8 Å². The molecule has 0 bridgehead atoms. The third kappa shape index (κ3) is 3.00. The van der Waals surface area contributed by atoms with Crippen molar-refractivity contribution in [1.82, 2.24) is 15.1 Å². The maximum Gasteiger partial charge on any atom is 0.305 e. The molecule has 0 saturated heterocycles. The molecular weight excluding hydrogens is 312 g/mol. The monoisotopic (exact) mass is 330 g/mol. The van der Waals surface area contributed by atoms with Crippen LogP contribution < -0.4 is 5.32 Å². The molecule has 126 valence electrons. The lowest BCUT2D eigenvalue weighted by Crippen LogP contribution is -2.25. The van der Waals surface area contributed by atoms with Gasteiger partial charge >= 0.3 is 5.97 Å². The van der Waals surface area contributed by atoms with Gasteiger partial charge in [0.25, 0.3) is 5.69 Å². The van der Waals surface area contributed by atoms with Gasteiger partial charge < -0.3 is 10.4 Å². The molecule has 1 aliphatic heterocycles. The molecule has 24 heavy (non-hydrogen) atoms. The average molecular weight is 330 g/mol. The number of benzene rings is 1. The molecule has 1 aromatic carbocycles. The maximum atomic E-state index is 11.0. The highest BCUT2D eigenvalue weighted by atomic mass is 16.6. The number of hydrogen-bond donors (Lipinski definition) is 2. The normalized spacial score (nSPS) is 13.5. The van der Waals surface area contributed by atoms with E-state index in [1.54, 1.807) is 23.7 Å². The Kier molecular flexibility index (Phi) is 4.30. The zero-order valence-electron chi connectivity index (χ0n) is 13.3. The summed E-state index contributed by atoms with van der Waals surface area (Å²) in [7, 11) is 0. The van der Waals surface area contributed by atoms with Crippen molar-refractivity contribution in [2.45, 2.75) is 32.9 Å².